The van der Waals surface area contributed by atoms with E-state index in [1.165, 1.54) is 6.07 Å². The van der Waals surface area contributed by atoms with E-state index in [4.69, 9.17) is 16.3 Å². The van der Waals surface area contributed by atoms with Gasteiger partial charge in [-0.15, -0.1) is 0 Å². The summed E-state index contributed by atoms with van der Waals surface area (Å²) in [4.78, 5) is 11.9. The van der Waals surface area contributed by atoms with Gasteiger partial charge in [0, 0.05) is 5.69 Å². The zero-order valence-corrected chi connectivity index (χ0v) is 13.8. The van der Waals surface area contributed by atoms with Gasteiger partial charge in [-0.3, -0.25) is 4.79 Å². The molecule has 2 rings (SSSR count). The maximum atomic E-state index is 12.8. The van der Waals surface area contributed by atoms with Crippen molar-refractivity contribution in [2.75, 3.05) is 11.9 Å². The van der Waals surface area contributed by atoms with E-state index in [2.05, 4.69) is 5.32 Å². The predicted molar refractivity (Wildman–Crippen MR) is 86.5 cm³/mol. The highest BCUT2D eigenvalue weighted by atomic mass is 35.5. The van der Waals surface area contributed by atoms with Gasteiger partial charge in [-0.05, 0) is 55.3 Å². The lowest BCUT2D eigenvalue weighted by atomic mass is 10.1. The van der Waals surface area contributed by atoms with Gasteiger partial charge in [-0.1, -0.05) is 17.7 Å². The Bertz CT molecular complexity index is 740. The van der Waals surface area contributed by atoms with Gasteiger partial charge >= 0.3 is 6.18 Å². The fraction of sp³-hybridized carbons (Fsp3) is 0.235. The molecule has 2 aromatic carbocycles. The number of ether oxygens (including phenoxy) is 1. The number of aryl methyl sites for hydroxylation is 2. The highest BCUT2D eigenvalue weighted by molar-refractivity contribution is 6.31. The van der Waals surface area contributed by atoms with Crippen LogP contribution < -0.4 is 10.1 Å². The molecule has 1 amide bonds. The van der Waals surface area contributed by atoms with Crippen molar-refractivity contribution >= 4 is 23.2 Å². The van der Waals surface area contributed by atoms with Crippen LogP contribution in [0.4, 0.5) is 18.9 Å². The average Bonchev–Trinajstić information content (AvgIpc) is 2.45. The summed E-state index contributed by atoms with van der Waals surface area (Å²) < 4.78 is 43.7. The summed E-state index contributed by atoms with van der Waals surface area (Å²) in [5.41, 5.74) is 0.966. The Kier molecular flexibility index (Phi) is 5.39. The molecule has 7 heteroatoms. The Morgan fingerprint density at radius 2 is 1.75 bits per heavy atom. The van der Waals surface area contributed by atoms with Crippen LogP contribution in [0.1, 0.15) is 16.7 Å². The van der Waals surface area contributed by atoms with Gasteiger partial charge in [0.05, 0.1) is 10.6 Å². The first-order chi connectivity index (χ1) is 11.1. The Morgan fingerprint density at radius 1 is 1.12 bits per heavy atom. The summed E-state index contributed by atoms with van der Waals surface area (Å²) in [6, 6.07) is 8.67. The molecule has 0 aliphatic carbocycles. The summed E-state index contributed by atoms with van der Waals surface area (Å²) in [5.74, 6) is -0.0423. The Balaban J connectivity index is 2.02. The molecule has 0 saturated heterocycles. The topological polar surface area (TPSA) is 38.3 Å². The third kappa shape index (κ3) is 4.89. The molecule has 1 N–H and O–H groups in total. The van der Waals surface area contributed by atoms with Crippen molar-refractivity contribution in [1.82, 2.24) is 0 Å². The third-order valence-electron chi connectivity index (χ3n) is 3.12. The SMILES string of the molecule is Cc1cc(C)cc(OCC(=O)Nc2ccc(Cl)c(C(F)(F)F)c2)c1. The fourth-order valence-electron chi connectivity index (χ4n) is 2.18. The minimum Gasteiger partial charge on any atom is -0.484 e. The van der Waals surface area contributed by atoms with Crippen LogP contribution in [0.5, 0.6) is 5.75 Å². The van der Waals surface area contributed by atoms with Gasteiger partial charge in [0.25, 0.3) is 5.91 Å². The molecule has 0 fully saturated rings. The Labute approximate surface area is 142 Å². The predicted octanol–water partition coefficient (Wildman–Crippen LogP) is 4.99. The molecule has 0 aliphatic rings. The van der Waals surface area contributed by atoms with Gasteiger partial charge in [0.15, 0.2) is 6.61 Å². The number of halogens is 4. The molecule has 0 aliphatic heterocycles. The van der Waals surface area contributed by atoms with Crippen molar-refractivity contribution < 1.29 is 22.7 Å². The zero-order chi connectivity index (χ0) is 17.9. The monoisotopic (exact) mass is 357 g/mol. The average molecular weight is 358 g/mol. The molecular formula is C17H15ClF3NO2. The fourth-order valence-corrected chi connectivity index (χ4v) is 2.41. The van der Waals surface area contributed by atoms with Crippen molar-refractivity contribution in [3.63, 3.8) is 0 Å². The number of anilines is 1. The van der Waals surface area contributed by atoms with Crippen LogP contribution in [0, 0.1) is 13.8 Å². The lowest BCUT2D eigenvalue weighted by Gasteiger charge is -2.12. The maximum Gasteiger partial charge on any atom is 0.417 e. The van der Waals surface area contributed by atoms with Crippen LogP contribution in [-0.4, -0.2) is 12.5 Å². The quantitative estimate of drug-likeness (QED) is 0.836. The molecule has 0 saturated carbocycles. The first-order valence-corrected chi connectivity index (χ1v) is 7.40. The van der Waals surface area contributed by atoms with Crippen LogP contribution in [0.2, 0.25) is 5.02 Å². The molecule has 0 atom stereocenters. The van der Waals surface area contributed by atoms with Crippen molar-refractivity contribution in [3.05, 3.63) is 58.1 Å². The molecule has 2 aromatic rings. The van der Waals surface area contributed by atoms with Crippen LogP contribution in [-0.2, 0) is 11.0 Å². The Morgan fingerprint density at radius 3 is 2.33 bits per heavy atom. The number of rotatable bonds is 4. The van der Waals surface area contributed by atoms with E-state index in [-0.39, 0.29) is 12.3 Å². The van der Waals surface area contributed by atoms with Gasteiger partial charge < -0.3 is 10.1 Å². The largest absolute Gasteiger partial charge is 0.484 e. The molecule has 0 aromatic heterocycles. The van der Waals surface area contributed by atoms with E-state index >= 15 is 0 Å². The van der Waals surface area contributed by atoms with Gasteiger partial charge in [0.2, 0.25) is 0 Å². The third-order valence-corrected chi connectivity index (χ3v) is 3.45. The van der Waals surface area contributed by atoms with Crippen molar-refractivity contribution in [1.29, 1.82) is 0 Å². The minimum atomic E-state index is -4.59. The van der Waals surface area contributed by atoms with Gasteiger partial charge in [-0.2, -0.15) is 13.2 Å². The van der Waals surface area contributed by atoms with E-state index in [0.29, 0.717) is 5.75 Å². The summed E-state index contributed by atoms with van der Waals surface area (Å²) in [7, 11) is 0. The first kappa shape index (κ1) is 18.1. The first-order valence-electron chi connectivity index (χ1n) is 7.03. The number of alkyl halides is 3. The second kappa shape index (κ2) is 7.13. The van der Waals surface area contributed by atoms with E-state index < -0.39 is 22.7 Å². The molecule has 0 spiro atoms. The number of hydrogen-bond donors (Lipinski definition) is 1. The number of nitrogens with one attached hydrogen (secondary N) is 1. The minimum absolute atomic E-state index is 0.000692. The van der Waals surface area contributed by atoms with Crippen LogP contribution >= 0.6 is 11.6 Å². The summed E-state index contributed by atoms with van der Waals surface area (Å²) >= 11 is 5.53. The highest BCUT2D eigenvalue weighted by Gasteiger charge is 2.33. The normalized spacial score (nSPS) is 11.2. The number of amides is 1. The number of carbonyl (C=O) groups is 1. The molecular weight excluding hydrogens is 343 g/mol. The van der Waals surface area contributed by atoms with E-state index in [0.717, 1.165) is 23.3 Å². The number of benzene rings is 2. The lowest BCUT2D eigenvalue weighted by Crippen LogP contribution is -2.20. The van der Waals surface area contributed by atoms with Crippen LogP contribution in [0.25, 0.3) is 0 Å². The highest BCUT2D eigenvalue weighted by Crippen LogP contribution is 2.36. The van der Waals surface area contributed by atoms with E-state index in [1.54, 1.807) is 12.1 Å². The summed E-state index contributed by atoms with van der Waals surface area (Å²) in [6.07, 6.45) is -4.59. The number of carbonyl (C=O) groups excluding carboxylic acids is 1. The molecule has 0 unspecified atom stereocenters. The van der Waals surface area contributed by atoms with Crippen molar-refractivity contribution in [2.45, 2.75) is 20.0 Å². The summed E-state index contributed by atoms with van der Waals surface area (Å²) in [5, 5.41) is 1.93. The van der Waals surface area contributed by atoms with E-state index in [9.17, 15) is 18.0 Å². The molecule has 0 radical (unpaired) electrons. The second-order valence-corrected chi connectivity index (χ2v) is 5.76. The van der Waals surface area contributed by atoms with Crippen LogP contribution in [0.15, 0.2) is 36.4 Å². The smallest absolute Gasteiger partial charge is 0.417 e. The molecule has 3 nitrogen and oxygen atoms in total. The molecule has 24 heavy (non-hydrogen) atoms. The van der Waals surface area contributed by atoms with Gasteiger partial charge in [0.1, 0.15) is 5.75 Å². The van der Waals surface area contributed by atoms with E-state index in [1.807, 2.05) is 19.9 Å². The summed E-state index contributed by atoms with van der Waals surface area (Å²) in [6.45, 7) is 3.48. The Hall–Kier alpha value is -2.21. The van der Waals surface area contributed by atoms with Crippen LogP contribution in [0.3, 0.4) is 0 Å². The second-order valence-electron chi connectivity index (χ2n) is 5.35. The van der Waals surface area contributed by atoms with Gasteiger partial charge in [-0.25, -0.2) is 0 Å². The number of hydrogen-bond acceptors (Lipinski definition) is 2. The molecule has 0 bridgehead atoms. The lowest BCUT2D eigenvalue weighted by molar-refractivity contribution is -0.137. The molecule has 128 valence electrons. The van der Waals surface area contributed by atoms with Crippen molar-refractivity contribution in [3.8, 4) is 5.75 Å². The standard InChI is InChI=1S/C17H15ClF3NO2/c1-10-5-11(2)7-13(6-10)24-9-16(23)22-12-3-4-15(18)14(8-12)17(19,20)21/h3-8H,9H2,1-2H3,(H,22,23). The maximum absolute atomic E-state index is 12.8. The molecule has 0 heterocycles. The van der Waals surface area contributed by atoms with Crippen molar-refractivity contribution in [2.24, 2.45) is 0 Å². The zero-order valence-electron chi connectivity index (χ0n) is 13.0.